The molecular formula is C10H10FNO2. The quantitative estimate of drug-likeness (QED) is 0.542. The van der Waals surface area contributed by atoms with Crippen LogP contribution in [0, 0.1) is 5.82 Å². The van der Waals surface area contributed by atoms with Crippen LogP contribution in [0.2, 0.25) is 0 Å². The molecule has 4 heteroatoms. The SMILES string of the molecule is COCc1ccc(F)c(CN=C=O)c1. The topological polar surface area (TPSA) is 38.7 Å². The smallest absolute Gasteiger partial charge is 0.235 e. The number of benzene rings is 1. The van der Waals surface area contributed by atoms with Crippen LogP contribution < -0.4 is 0 Å². The van der Waals surface area contributed by atoms with Crippen molar-refractivity contribution in [3.05, 3.63) is 35.1 Å². The maximum absolute atomic E-state index is 13.1. The van der Waals surface area contributed by atoms with Crippen molar-refractivity contribution in [3.8, 4) is 0 Å². The van der Waals surface area contributed by atoms with Crippen LogP contribution in [0.4, 0.5) is 4.39 Å². The van der Waals surface area contributed by atoms with Crippen molar-refractivity contribution in [2.45, 2.75) is 13.2 Å². The Morgan fingerprint density at radius 1 is 1.57 bits per heavy atom. The first-order chi connectivity index (χ1) is 6.77. The third-order valence-corrected chi connectivity index (χ3v) is 1.74. The Kier molecular flexibility index (Phi) is 3.98. The van der Waals surface area contributed by atoms with E-state index in [2.05, 4.69) is 4.99 Å². The molecule has 0 aliphatic carbocycles. The summed E-state index contributed by atoms with van der Waals surface area (Å²) < 4.78 is 18.0. The Morgan fingerprint density at radius 2 is 2.36 bits per heavy atom. The van der Waals surface area contributed by atoms with Crippen LogP contribution in [0.25, 0.3) is 0 Å². The molecule has 0 fully saturated rings. The predicted octanol–water partition coefficient (Wildman–Crippen LogP) is 1.81. The van der Waals surface area contributed by atoms with E-state index in [9.17, 15) is 9.18 Å². The van der Waals surface area contributed by atoms with Gasteiger partial charge in [-0.2, -0.15) is 0 Å². The molecule has 0 aliphatic rings. The van der Waals surface area contributed by atoms with Gasteiger partial charge in [0.1, 0.15) is 5.82 Å². The molecule has 0 unspecified atom stereocenters. The highest BCUT2D eigenvalue weighted by Crippen LogP contribution is 2.12. The van der Waals surface area contributed by atoms with Gasteiger partial charge in [0, 0.05) is 12.7 Å². The van der Waals surface area contributed by atoms with Gasteiger partial charge in [-0.1, -0.05) is 6.07 Å². The Morgan fingerprint density at radius 3 is 3.00 bits per heavy atom. The van der Waals surface area contributed by atoms with Crippen LogP contribution in [-0.4, -0.2) is 13.2 Å². The van der Waals surface area contributed by atoms with Gasteiger partial charge in [-0.15, -0.1) is 0 Å². The van der Waals surface area contributed by atoms with Crippen LogP contribution in [0.15, 0.2) is 23.2 Å². The molecule has 74 valence electrons. The molecule has 0 N–H and O–H groups in total. The Balaban J connectivity index is 2.89. The van der Waals surface area contributed by atoms with E-state index in [1.165, 1.54) is 12.1 Å². The maximum atomic E-state index is 13.1. The maximum Gasteiger partial charge on any atom is 0.235 e. The summed E-state index contributed by atoms with van der Waals surface area (Å²) in [6.45, 7) is 0.435. The van der Waals surface area contributed by atoms with Crippen LogP contribution in [0.5, 0.6) is 0 Å². The number of hydrogen-bond donors (Lipinski definition) is 0. The van der Waals surface area contributed by atoms with Crippen molar-refractivity contribution in [1.29, 1.82) is 0 Å². The molecule has 0 aliphatic heterocycles. The number of methoxy groups -OCH3 is 1. The first kappa shape index (κ1) is 10.6. The number of aliphatic imine (C=N–C) groups is 1. The minimum Gasteiger partial charge on any atom is -0.380 e. The Bertz CT molecular complexity index is 359. The monoisotopic (exact) mass is 195 g/mol. The zero-order valence-electron chi connectivity index (χ0n) is 7.79. The number of rotatable bonds is 4. The normalized spacial score (nSPS) is 9.57. The van der Waals surface area contributed by atoms with E-state index in [-0.39, 0.29) is 12.4 Å². The average Bonchev–Trinajstić information content (AvgIpc) is 2.19. The molecular weight excluding hydrogens is 185 g/mol. The van der Waals surface area contributed by atoms with Crippen LogP contribution in [0.3, 0.4) is 0 Å². The third kappa shape index (κ3) is 2.76. The standard InChI is InChI=1S/C10H10FNO2/c1-14-6-8-2-3-10(11)9(4-8)5-12-7-13/h2-4H,5-6H2,1H3. The fourth-order valence-electron chi connectivity index (χ4n) is 1.12. The summed E-state index contributed by atoms with van der Waals surface area (Å²) in [5.41, 5.74) is 1.23. The van der Waals surface area contributed by atoms with E-state index in [0.29, 0.717) is 12.2 Å². The van der Waals surface area contributed by atoms with Gasteiger partial charge in [0.05, 0.1) is 13.2 Å². The van der Waals surface area contributed by atoms with Crippen molar-refractivity contribution < 1.29 is 13.9 Å². The van der Waals surface area contributed by atoms with Crippen molar-refractivity contribution >= 4 is 6.08 Å². The van der Waals surface area contributed by atoms with E-state index in [1.54, 1.807) is 19.2 Å². The summed E-state index contributed by atoms with van der Waals surface area (Å²) in [7, 11) is 1.56. The summed E-state index contributed by atoms with van der Waals surface area (Å²) >= 11 is 0. The molecule has 1 aromatic rings. The largest absolute Gasteiger partial charge is 0.380 e. The molecule has 0 saturated carbocycles. The second-order valence-electron chi connectivity index (χ2n) is 2.77. The van der Waals surface area contributed by atoms with Gasteiger partial charge < -0.3 is 4.74 Å². The van der Waals surface area contributed by atoms with Gasteiger partial charge in [-0.25, -0.2) is 14.2 Å². The molecule has 3 nitrogen and oxygen atoms in total. The highest BCUT2D eigenvalue weighted by molar-refractivity contribution is 5.34. The van der Waals surface area contributed by atoms with Gasteiger partial charge in [0.15, 0.2) is 0 Å². The Labute approximate surface area is 81.2 Å². The number of isocyanates is 1. The number of halogens is 1. The lowest BCUT2D eigenvalue weighted by molar-refractivity contribution is 0.184. The van der Waals surface area contributed by atoms with E-state index in [4.69, 9.17) is 4.74 Å². The lowest BCUT2D eigenvalue weighted by atomic mass is 10.1. The molecule has 0 spiro atoms. The summed E-state index contributed by atoms with van der Waals surface area (Å²) in [5.74, 6) is -0.371. The van der Waals surface area contributed by atoms with Gasteiger partial charge in [-0.05, 0) is 17.7 Å². The summed E-state index contributed by atoms with van der Waals surface area (Å²) in [4.78, 5) is 13.2. The zero-order valence-corrected chi connectivity index (χ0v) is 7.79. The molecule has 0 amide bonds. The molecule has 0 atom stereocenters. The molecule has 0 aromatic heterocycles. The minimum atomic E-state index is -0.371. The number of carbonyl (C=O) groups excluding carboxylic acids is 1. The first-order valence-corrected chi connectivity index (χ1v) is 4.08. The van der Waals surface area contributed by atoms with E-state index < -0.39 is 0 Å². The lowest BCUT2D eigenvalue weighted by Gasteiger charge is -2.03. The summed E-state index contributed by atoms with van der Waals surface area (Å²) in [6, 6.07) is 4.59. The number of ether oxygens (including phenoxy) is 1. The summed E-state index contributed by atoms with van der Waals surface area (Å²) in [6.07, 6.45) is 1.37. The van der Waals surface area contributed by atoms with Crippen LogP contribution in [-0.2, 0) is 22.7 Å². The molecule has 0 bridgehead atoms. The first-order valence-electron chi connectivity index (χ1n) is 4.08. The molecule has 14 heavy (non-hydrogen) atoms. The second kappa shape index (κ2) is 5.27. The van der Waals surface area contributed by atoms with E-state index >= 15 is 0 Å². The Hall–Kier alpha value is -1.51. The average molecular weight is 195 g/mol. The molecule has 1 rings (SSSR count). The molecule has 0 heterocycles. The third-order valence-electron chi connectivity index (χ3n) is 1.74. The van der Waals surface area contributed by atoms with Crippen LogP contribution >= 0.6 is 0 Å². The van der Waals surface area contributed by atoms with Crippen molar-refractivity contribution in [2.24, 2.45) is 4.99 Å². The molecule has 0 saturated heterocycles. The fraction of sp³-hybridized carbons (Fsp3) is 0.300. The lowest BCUT2D eigenvalue weighted by Crippen LogP contribution is -1.93. The number of hydrogen-bond acceptors (Lipinski definition) is 3. The minimum absolute atomic E-state index is 0.0207. The number of nitrogens with zero attached hydrogens (tertiary/aromatic N) is 1. The molecule has 0 radical (unpaired) electrons. The zero-order chi connectivity index (χ0) is 10.4. The molecule has 1 aromatic carbocycles. The summed E-state index contributed by atoms with van der Waals surface area (Å²) in [5, 5.41) is 0. The van der Waals surface area contributed by atoms with Gasteiger partial charge >= 0.3 is 0 Å². The van der Waals surface area contributed by atoms with Gasteiger partial charge in [0.25, 0.3) is 0 Å². The fourth-order valence-corrected chi connectivity index (χ4v) is 1.12. The second-order valence-corrected chi connectivity index (χ2v) is 2.77. The van der Waals surface area contributed by atoms with Crippen LogP contribution in [0.1, 0.15) is 11.1 Å². The van der Waals surface area contributed by atoms with E-state index in [0.717, 1.165) is 5.56 Å². The van der Waals surface area contributed by atoms with E-state index in [1.807, 2.05) is 0 Å². The van der Waals surface area contributed by atoms with Gasteiger partial charge in [0.2, 0.25) is 6.08 Å². The van der Waals surface area contributed by atoms with Crippen molar-refractivity contribution in [1.82, 2.24) is 0 Å². The highest BCUT2D eigenvalue weighted by atomic mass is 19.1. The van der Waals surface area contributed by atoms with Crippen molar-refractivity contribution in [3.63, 3.8) is 0 Å². The highest BCUT2D eigenvalue weighted by Gasteiger charge is 2.02. The van der Waals surface area contributed by atoms with Crippen molar-refractivity contribution in [2.75, 3.05) is 7.11 Å². The van der Waals surface area contributed by atoms with Gasteiger partial charge in [-0.3, -0.25) is 0 Å². The predicted molar refractivity (Wildman–Crippen MR) is 48.9 cm³/mol.